The average molecular weight is 235 g/mol. The fraction of sp³-hybridized carbons (Fsp3) is 0.500. The van der Waals surface area contributed by atoms with Gasteiger partial charge >= 0.3 is 0 Å². The van der Waals surface area contributed by atoms with Crippen LogP contribution in [0.3, 0.4) is 0 Å². The first kappa shape index (κ1) is 13.6. The Labute approximate surface area is 103 Å². The van der Waals surface area contributed by atoms with Crippen LogP contribution < -0.4 is 10.1 Å². The van der Waals surface area contributed by atoms with E-state index in [1.807, 2.05) is 18.2 Å². The zero-order chi connectivity index (χ0) is 12.7. The predicted molar refractivity (Wildman–Crippen MR) is 69.2 cm³/mol. The first-order valence-electron chi connectivity index (χ1n) is 6.08. The Morgan fingerprint density at radius 1 is 1.47 bits per heavy atom. The molecule has 3 nitrogen and oxygen atoms in total. The number of likely N-dealkylation sites (N-methyl/N-ethyl adjacent to an activating group) is 1. The van der Waals surface area contributed by atoms with Crippen LogP contribution in [-0.2, 0) is 11.2 Å². The van der Waals surface area contributed by atoms with Crippen LogP contribution in [-0.4, -0.2) is 19.6 Å². The quantitative estimate of drug-likeness (QED) is 0.822. The molecule has 1 N–H and O–H groups in total. The molecule has 0 aliphatic rings. The van der Waals surface area contributed by atoms with E-state index in [1.165, 1.54) is 12.0 Å². The lowest BCUT2D eigenvalue weighted by molar-refractivity contribution is -0.122. The summed E-state index contributed by atoms with van der Waals surface area (Å²) in [5, 5.41) is 2.53. The number of rotatable bonds is 6. The molecule has 0 radical (unpaired) electrons. The normalized spacial score (nSPS) is 11.9. The average Bonchev–Trinajstić information content (AvgIpc) is 2.36. The van der Waals surface area contributed by atoms with Crippen LogP contribution in [0.1, 0.15) is 25.8 Å². The van der Waals surface area contributed by atoms with Crippen molar-refractivity contribution in [3.05, 3.63) is 29.8 Å². The van der Waals surface area contributed by atoms with Crippen molar-refractivity contribution < 1.29 is 9.53 Å². The highest BCUT2D eigenvalue weighted by Crippen LogP contribution is 2.17. The smallest absolute Gasteiger partial charge is 0.257 e. The molecule has 0 saturated carbocycles. The van der Waals surface area contributed by atoms with Crippen molar-refractivity contribution in [3.8, 4) is 5.75 Å². The van der Waals surface area contributed by atoms with Gasteiger partial charge in [-0.25, -0.2) is 0 Å². The molecule has 1 atom stereocenters. The third-order valence-corrected chi connectivity index (χ3v) is 2.83. The van der Waals surface area contributed by atoms with E-state index in [4.69, 9.17) is 4.74 Å². The lowest BCUT2D eigenvalue weighted by atomic mass is 9.99. The minimum absolute atomic E-state index is 0.0727. The summed E-state index contributed by atoms with van der Waals surface area (Å²) in [5.74, 6) is 1.32. The molecule has 1 aromatic carbocycles. The number of amides is 1. The van der Waals surface area contributed by atoms with Gasteiger partial charge in [0.25, 0.3) is 5.91 Å². The van der Waals surface area contributed by atoms with Gasteiger partial charge in [-0.2, -0.15) is 0 Å². The largest absolute Gasteiger partial charge is 0.484 e. The number of benzene rings is 1. The van der Waals surface area contributed by atoms with E-state index in [2.05, 4.69) is 25.2 Å². The summed E-state index contributed by atoms with van der Waals surface area (Å²) in [4.78, 5) is 11.1. The number of nitrogens with one attached hydrogen (secondary N) is 1. The fourth-order valence-corrected chi connectivity index (χ4v) is 1.53. The molecule has 1 amide bonds. The van der Waals surface area contributed by atoms with Crippen molar-refractivity contribution in [3.63, 3.8) is 0 Å². The van der Waals surface area contributed by atoms with E-state index in [0.717, 1.165) is 12.2 Å². The van der Waals surface area contributed by atoms with Crippen LogP contribution in [0.4, 0.5) is 0 Å². The Balaban J connectivity index is 2.56. The zero-order valence-corrected chi connectivity index (χ0v) is 10.8. The van der Waals surface area contributed by atoms with Crippen molar-refractivity contribution in [1.82, 2.24) is 5.32 Å². The SMILES string of the molecule is CCC(C)Cc1cccc(OCC(=O)NC)c1. The van der Waals surface area contributed by atoms with Gasteiger partial charge in [-0.3, -0.25) is 4.79 Å². The number of hydrogen-bond acceptors (Lipinski definition) is 2. The van der Waals surface area contributed by atoms with Gasteiger partial charge in [-0.1, -0.05) is 32.4 Å². The molecule has 3 heteroatoms. The van der Waals surface area contributed by atoms with Gasteiger partial charge in [-0.05, 0) is 30.0 Å². The van der Waals surface area contributed by atoms with E-state index >= 15 is 0 Å². The van der Waals surface area contributed by atoms with Crippen molar-refractivity contribution in [1.29, 1.82) is 0 Å². The second kappa shape index (κ2) is 6.94. The van der Waals surface area contributed by atoms with Crippen molar-refractivity contribution in [2.75, 3.05) is 13.7 Å². The Morgan fingerprint density at radius 2 is 2.24 bits per heavy atom. The maximum absolute atomic E-state index is 11.1. The van der Waals surface area contributed by atoms with Crippen molar-refractivity contribution in [2.45, 2.75) is 26.7 Å². The summed E-state index contributed by atoms with van der Waals surface area (Å²) in [5.41, 5.74) is 1.26. The molecule has 0 heterocycles. The summed E-state index contributed by atoms with van der Waals surface area (Å²) < 4.78 is 5.40. The molecule has 0 aromatic heterocycles. The third kappa shape index (κ3) is 4.89. The Kier molecular flexibility index (Phi) is 5.53. The van der Waals surface area contributed by atoms with Gasteiger partial charge in [0, 0.05) is 7.05 Å². The number of ether oxygens (including phenoxy) is 1. The minimum Gasteiger partial charge on any atom is -0.484 e. The molecule has 0 spiro atoms. The first-order chi connectivity index (χ1) is 8.15. The maximum atomic E-state index is 11.1. The van der Waals surface area contributed by atoms with Crippen LogP contribution >= 0.6 is 0 Å². The summed E-state index contributed by atoms with van der Waals surface area (Å²) in [6.07, 6.45) is 2.22. The van der Waals surface area contributed by atoms with Crippen molar-refractivity contribution in [2.24, 2.45) is 5.92 Å². The highest BCUT2D eigenvalue weighted by atomic mass is 16.5. The van der Waals surface area contributed by atoms with Gasteiger partial charge in [0.1, 0.15) is 5.75 Å². The van der Waals surface area contributed by atoms with Crippen LogP contribution in [0.2, 0.25) is 0 Å². The van der Waals surface area contributed by atoms with E-state index in [-0.39, 0.29) is 12.5 Å². The van der Waals surface area contributed by atoms with E-state index < -0.39 is 0 Å². The molecule has 94 valence electrons. The zero-order valence-electron chi connectivity index (χ0n) is 10.8. The lowest BCUT2D eigenvalue weighted by Crippen LogP contribution is -2.24. The van der Waals surface area contributed by atoms with Crippen LogP contribution in [0.15, 0.2) is 24.3 Å². The van der Waals surface area contributed by atoms with Gasteiger partial charge in [0.2, 0.25) is 0 Å². The van der Waals surface area contributed by atoms with Crippen LogP contribution in [0.25, 0.3) is 0 Å². The van der Waals surface area contributed by atoms with E-state index in [0.29, 0.717) is 5.92 Å². The second-order valence-corrected chi connectivity index (χ2v) is 4.33. The molecule has 1 aromatic rings. The summed E-state index contributed by atoms with van der Waals surface area (Å²) >= 11 is 0. The summed E-state index contributed by atoms with van der Waals surface area (Å²) in [6.45, 7) is 4.50. The third-order valence-electron chi connectivity index (χ3n) is 2.83. The van der Waals surface area contributed by atoms with E-state index in [9.17, 15) is 4.79 Å². The Bertz CT molecular complexity index is 363. The van der Waals surface area contributed by atoms with Crippen LogP contribution in [0, 0.1) is 5.92 Å². The molecule has 0 aliphatic carbocycles. The lowest BCUT2D eigenvalue weighted by Gasteiger charge is -2.10. The molecule has 0 saturated heterocycles. The molecule has 0 fully saturated rings. The van der Waals surface area contributed by atoms with Gasteiger partial charge in [-0.15, -0.1) is 0 Å². The monoisotopic (exact) mass is 235 g/mol. The van der Waals surface area contributed by atoms with Gasteiger partial charge < -0.3 is 10.1 Å². The second-order valence-electron chi connectivity index (χ2n) is 4.33. The predicted octanol–water partition coefficient (Wildman–Crippen LogP) is 2.40. The number of carbonyl (C=O) groups excluding carboxylic acids is 1. The number of hydrogen-bond donors (Lipinski definition) is 1. The van der Waals surface area contributed by atoms with E-state index in [1.54, 1.807) is 7.05 Å². The number of carbonyl (C=O) groups is 1. The highest BCUT2D eigenvalue weighted by molar-refractivity contribution is 5.77. The molecular weight excluding hydrogens is 214 g/mol. The van der Waals surface area contributed by atoms with Gasteiger partial charge in [0.15, 0.2) is 6.61 Å². The molecule has 0 aliphatic heterocycles. The van der Waals surface area contributed by atoms with Crippen LogP contribution in [0.5, 0.6) is 5.75 Å². The fourth-order valence-electron chi connectivity index (χ4n) is 1.53. The molecule has 0 bridgehead atoms. The van der Waals surface area contributed by atoms with Gasteiger partial charge in [0.05, 0.1) is 0 Å². The first-order valence-corrected chi connectivity index (χ1v) is 6.08. The highest BCUT2D eigenvalue weighted by Gasteiger charge is 2.04. The van der Waals surface area contributed by atoms with Crippen molar-refractivity contribution >= 4 is 5.91 Å². The Hall–Kier alpha value is -1.51. The minimum atomic E-state index is -0.114. The molecule has 1 rings (SSSR count). The molecule has 17 heavy (non-hydrogen) atoms. The summed E-state index contributed by atoms with van der Waals surface area (Å²) in [6, 6.07) is 7.95. The Morgan fingerprint density at radius 3 is 2.88 bits per heavy atom. The molecular formula is C14H21NO2. The molecule has 1 unspecified atom stereocenters. The standard InChI is InChI=1S/C14H21NO2/c1-4-11(2)8-12-6-5-7-13(9-12)17-10-14(16)15-3/h5-7,9,11H,4,8,10H2,1-3H3,(H,15,16). The topological polar surface area (TPSA) is 38.3 Å². The summed E-state index contributed by atoms with van der Waals surface area (Å²) in [7, 11) is 1.60. The maximum Gasteiger partial charge on any atom is 0.257 e.